The molecule has 0 spiro atoms. The summed E-state index contributed by atoms with van der Waals surface area (Å²) in [5.41, 5.74) is 0. The summed E-state index contributed by atoms with van der Waals surface area (Å²) in [6.07, 6.45) is -35.0. The zero-order valence-corrected chi connectivity index (χ0v) is 23.3. The van der Waals surface area contributed by atoms with Crippen molar-refractivity contribution in [3.8, 4) is 0 Å². The smallest absolute Gasteiger partial charge is 0.187 e. The minimum atomic E-state index is -1.99. The highest BCUT2D eigenvalue weighted by molar-refractivity contribution is 4.97. The Kier molecular flexibility index (Phi) is 12.3. The van der Waals surface area contributed by atoms with Gasteiger partial charge >= 0.3 is 0 Å². The molecule has 4 fully saturated rings. The van der Waals surface area contributed by atoms with Crippen molar-refractivity contribution in [3.05, 3.63) is 0 Å². The largest absolute Gasteiger partial charge is 0.394 e. The molecule has 4 aliphatic rings. The topological polar surface area (TPSA) is 328 Å². The molecule has 44 heavy (non-hydrogen) atoms. The maximum Gasteiger partial charge on any atom is 0.187 e. The molecule has 0 saturated carbocycles. The van der Waals surface area contributed by atoms with Crippen molar-refractivity contribution in [2.75, 3.05) is 19.8 Å². The fourth-order valence-corrected chi connectivity index (χ4v) is 5.43. The maximum absolute atomic E-state index is 11.0. The van der Waals surface area contributed by atoms with Gasteiger partial charge in [-0.05, 0) is 6.92 Å². The first-order chi connectivity index (χ1) is 20.7. The van der Waals surface area contributed by atoms with Crippen LogP contribution in [0.3, 0.4) is 0 Å². The Morgan fingerprint density at radius 1 is 0.409 bits per heavy atom. The lowest BCUT2D eigenvalue weighted by molar-refractivity contribution is -0.404. The van der Waals surface area contributed by atoms with E-state index in [1.54, 1.807) is 0 Å². The Balaban J connectivity index is 1.61. The van der Waals surface area contributed by atoms with E-state index in [-0.39, 0.29) is 0 Å². The first-order valence-corrected chi connectivity index (χ1v) is 14.0. The predicted octanol–water partition coefficient (Wildman–Crippen LogP) is -8.72. The Bertz CT molecular complexity index is 902. The number of aliphatic hydroxyl groups is 13. The van der Waals surface area contributed by atoms with Gasteiger partial charge in [0.05, 0.1) is 25.9 Å². The summed E-state index contributed by atoms with van der Waals surface area (Å²) in [4.78, 5) is 0. The molecule has 13 N–H and O–H groups in total. The summed E-state index contributed by atoms with van der Waals surface area (Å²) < 4.78 is 38.5. The van der Waals surface area contributed by atoms with Gasteiger partial charge in [0.2, 0.25) is 0 Å². The minimum absolute atomic E-state index is 0.778. The van der Waals surface area contributed by atoms with Crippen molar-refractivity contribution in [2.45, 2.75) is 130 Å². The number of ether oxygens (including phenoxy) is 7. The third-order valence-electron chi connectivity index (χ3n) is 8.17. The molecule has 1 unspecified atom stereocenters. The molecule has 0 aliphatic carbocycles. The molecule has 4 saturated heterocycles. The molecule has 4 heterocycles. The lowest BCUT2D eigenvalue weighted by atomic mass is 9.96. The molecule has 0 aromatic carbocycles. The molecule has 0 aromatic rings. The van der Waals surface area contributed by atoms with Crippen LogP contribution in [-0.2, 0) is 33.2 Å². The number of hydrogen-bond acceptors (Lipinski definition) is 20. The van der Waals surface area contributed by atoms with Gasteiger partial charge < -0.3 is 99.5 Å². The summed E-state index contributed by atoms with van der Waals surface area (Å²) in [6, 6.07) is 0. The van der Waals surface area contributed by atoms with Gasteiger partial charge in [-0.1, -0.05) is 0 Å². The Labute approximate surface area is 249 Å². The standard InChI is InChI=1S/C24H42O20/c1-5-9(28)13(32)17(36)22(38-5)43-19-15(34)11(30)8(4-27)41-24(19)44-20-16(35)12(31)7(3-26)40-23(20)42-18-14(33)10(29)6(2-25)39-21(18)37/h5-37H,2-4H2,1H3/t5-,6+,7+,8+,9-,10+,11+,12-,13+,14-,15-,16-,17+,18+,19+,20+,21?,22-,23-,24-/m0/s1. The van der Waals surface area contributed by atoms with Crippen LogP contribution in [0.25, 0.3) is 0 Å². The van der Waals surface area contributed by atoms with E-state index in [0.717, 1.165) is 0 Å². The van der Waals surface area contributed by atoms with Crippen LogP contribution in [0.15, 0.2) is 0 Å². The molecule has 4 aliphatic heterocycles. The third-order valence-corrected chi connectivity index (χ3v) is 8.17. The third kappa shape index (κ3) is 7.05. The van der Waals surface area contributed by atoms with Gasteiger partial charge in [-0.15, -0.1) is 0 Å². The van der Waals surface area contributed by atoms with Crippen LogP contribution >= 0.6 is 0 Å². The Morgan fingerprint density at radius 2 is 0.795 bits per heavy atom. The monoisotopic (exact) mass is 650 g/mol. The first kappa shape index (κ1) is 36.0. The van der Waals surface area contributed by atoms with E-state index < -0.39 is 143 Å². The van der Waals surface area contributed by atoms with Crippen LogP contribution in [0.4, 0.5) is 0 Å². The lowest BCUT2D eigenvalue weighted by Gasteiger charge is -2.49. The van der Waals surface area contributed by atoms with Gasteiger partial charge in [0.15, 0.2) is 25.2 Å². The quantitative estimate of drug-likeness (QED) is 0.110. The van der Waals surface area contributed by atoms with Crippen molar-refractivity contribution < 1.29 is 99.5 Å². The maximum atomic E-state index is 11.0. The zero-order valence-electron chi connectivity index (χ0n) is 23.3. The average molecular weight is 651 g/mol. The van der Waals surface area contributed by atoms with Crippen LogP contribution in [0.2, 0.25) is 0 Å². The second kappa shape index (κ2) is 15.0. The van der Waals surface area contributed by atoms with E-state index in [9.17, 15) is 66.4 Å². The molecule has 0 aromatic heterocycles. The van der Waals surface area contributed by atoms with E-state index in [0.29, 0.717) is 0 Å². The summed E-state index contributed by atoms with van der Waals surface area (Å²) >= 11 is 0. The van der Waals surface area contributed by atoms with E-state index in [2.05, 4.69) is 0 Å². The molecular weight excluding hydrogens is 608 g/mol. The molecule has 0 radical (unpaired) electrons. The highest BCUT2D eigenvalue weighted by Gasteiger charge is 2.55. The minimum Gasteiger partial charge on any atom is -0.394 e. The number of aliphatic hydroxyl groups excluding tert-OH is 13. The van der Waals surface area contributed by atoms with E-state index >= 15 is 0 Å². The van der Waals surface area contributed by atoms with Crippen LogP contribution in [0.1, 0.15) is 6.92 Å². The highest BCUT2D eigenvalue weighted by Crippen LogP contribution is 2.34. The fourth-order valence-electron chi connectivity index (χ4n) is 5.43. The average Bonchev–Trinajstić information content (AvgIpc) is 3.00. The summed E-state index contributed by atoms with van der Waals surface area (Å²) in [6.45, 7) is -1.16. The van der Waals surface area contributed by atoms with Crippen LogP contribution in [0, 0.1) is 0 Å². The molecule has 0 bridgehead atoms. The zero-order chi connectivity index (χ0) is 32.6. The van der Waals surface area contributed by atoms with Crippen molar-refractivity contribution >= 4 is 0 Å². The van der Waals surface area contributed by atoms with Crippen molar-refractivity contribution in [3.63, 3.8) is 0 Å². The summed E-state index contributed by atoms with van der Waals surface area (Å²) in [5, 5.41) is 133. The van der Waals surface area contributed by atoms with E-state index in [1.165, 1.54) is 6.92 Å². The molecule has 0 amide bonds. The molecule has 4 rings (SSSR count). The van der Waals surface area contributed by atoms with E-state index in [4.69, 9.17) is 33.2 Å². The van der Waals surface area contributed by atoms with Crippen molar-refractivity contribution in [1.29, 1.82) is 0 Å². The van der Waals surface area contributed by atoms with Gasteiger partial charge in [-0.3, -0.25) is 0 Å². The molecule has 20 heteroatoms. The van der Waals surface area contributed by atoms with Crippen LogP contribution in [0.5, 0.6) is 0 Å². The number of hydrogen-bond donors (Lipinski definition) is 13. The van der Waals surface area contributed by atoms with Gasteiger partial charge in [-0.25, -0.2) is 0 Å². The van der Waals surface area contributed by atoms with Gasteiger partial charge in [0.25, 0.3) is 0 Å². The van der Waals surface area contributed by atoms with Crippen LogP contribution < -0.4 is 0 Å². The van der Waals surface area contributed by atoms with E-state index in [1.807, 2.05) is 0 Å². The molecule has 20 nitrogen and oxygen atoms in total. The van der Waals surface area contributed by atoms with Crippen molar-refractivity contribution in [2.24, 2.45) is 0 Å². The fraction of sp³-hybridized carbons (Fsp3) is 1.00. The first-order valence-electron chi connectivity index (χ1n) is 14.0. The molecule has 258 valence electrons. The van der Waals surface area contributed by atoms with Crippen LogP contribution in [-0.4, -0.2) is 209 Å². The SMILES string of the molecule is C[C@@H]1O[C@@H](O[C@H]2[C@H](O[C@H]3[C@H](O[C@H]4C(O)O[C@H](CO)[C@@H](O)[C@@H]4O)O[C@H](CO)[C@H](O)[C@@H]3O)O[C@H](CO)[C@@H](O)[C@@H]2O)[C@H](O)[C@H](O)[C@H]1O. The lowest BCUT2D eigenvalue weighted by Crippen LogP contribution is -2.67. The van der Waals surface area contributed by atoms with Gasteiger partial charge in [-0.2, -0.15) is 0 Å². The summed E-state index contributed by atoms with van der Waals surface area (Å²) in [7, 11) is 0. The second-order valence-electron chi connectivity index (χ2n) is 11.1. The van der Waals surface area contributed by atoms with Gasteiger partial charge in [0.1, 0.15) is 91.6 Å². The second-order valence-corrected chi connectivity index (χ2v) is 11.1. The van der Waals surface area contributed by atoms with Crippen molar-refractivity contribution in [1.82, 2.24) is 0 Å². The normalized spacial score (nSPS) is 53.9. The predicted molar refractivity (Wildman–Crippen MR) is 132 cm³/mol. The molecule has 20 atom stereocenters. The highest BCUT2D eigenvalue weighted by atomic mass is 16.8. The summed E-state index contributed by atoms with van der Waals surface area (Å²) in [5.74, 6) is 0. The Hall–Kier alpha value is -0.800. The molecular formula is C24H42O20. The number of rotatable bonds is 9. The van der Waals surface area contributed by atoms with Gasteiger partial charge in [0, 0.05) is 0 Å². The Morgan fingerprint density at radius 3 is 1.25 bits per heavy atom.